The second kappa shape index (κ2) is 32.2. The number of unbranched alkanes of at least 4 members (excludes halogenated alkanes) is 20. The Morgan fingerprint density at radius 2 is 0.895 bits per heavy atom. The van der Waals surface area contributed by atoms with Crippen LogP contribution >= 0.6 is 0 Å². The predicted octanol–water partition coefficient (Wildman–Crippen LogP) is 12.5. The fourth-order valence-corrected chi connectivity index (χ4v) is 5.12. The highest BCUT2D eigenvalue weighted by molar-refractivity contribution is 5.59. The number of rotatable bonds is 30. The fourth-order valence-electron chi connectivity index (χ4n) is 5.12. The van der Waals surface area contributed by atoms with Crippen LogP contribution in [0.4, 0.5) is 4.79 Å². The Bertz CT molecular complexity index is 488. The van der Waals surface area contributed by atoms with E-state index in [0.717, 1.165) is 12.8 Å². The van der Waals surface area contributed by atoms with Crippen molar-refractivity contribution in [1.82, 2.24) is 0 Å². The Kier molecular flexibility index (Phi) is 31.4. The zero-order valence-electron chi connectivity index (χ0n) is 26.3. The maximum absolute atomic E-state index is 12.1. The van der Waals surface area contributed by atoms with Crippen molar-refractivity contribution in [2.24, 2.45) is 5.92 Å². The summed E-state index contributed by atoms with van der Waals surface area (Å²) < 4.78 is 10.9. The molecule has 0 aliphatic heterocycles. The highest BCUT2D eigenvalue weighted by atomic mass is 16.7. The smallest absolute Gasteiger partial charge is 0.434 e. The molecule has 0 fully saturated rings. The van der Waals surface area contributed by atoms with Gasteiger partial charge in [0.25, 0.3) is 0 Å². The average Bonchev–Trinajstić information content (AvgIpc) is 2.92. The minimum Gasteiger partial charge on any atom is -0.434 e. The molecule has 38 heavy (non-hydrogen) atoms. The van der Waals surface area contributed by atoms with E-state index in [1.807, 2.05) is 0 Å². The van der Waals surface area contributed by atoms with Gasteiger partial charge in [0.15, 0.2) is 0 Å². The van der Waals surface area contributed by atoms with Gasteiger partial charge in [0.2, 0.25) is 0 Å². The van der Waals surface area contributed by atoms with E-state index in [-0.39, 0.29) is 0 Å². The molecule has 0 N–H and O–H groups in total. The molecule has 0 amide bonds. The summed E-state index contributed by atoms with van der Waals surface area (Å²) in [6.45, 7) is 7.83. The zero-order valence-corrected chi connectivity index (χ0v) is 26.3. The molecule has 3 heteroatoms. The lowest BCUT2D eigenvalue weighted by Gasteiger charge is -2.17. The van der Waals surface area contributed by atoms with Crippen molar-refractivity contribution in [3.05, 3.63) is 12.2 Å². The highest BCUT2D eigenvalue weighted by Crippen LogP contribution is 2.20. The minimum absolute atomic E-state index is 0.459. The molecule has 1 unspecified atom stereocenters. The summed E-state index contributed by atoms with van der Waals surface area (Å²) in [4.78, 5) is 12.1. The van der Waals surface area contributed by atoms with Crippen LogP contribution in [0.1, 0.15) is 188 Å². The summed E-state index contributed by atoms with van der Waals surface area (Å²) in [5.74, 6) is 0.496. The van der Waals surface area contributed by atoms with Crippen LogP contribution in [0.15, 0.2) is 12.2 Å². The van der Waals surface area contributed by atoms with Gasteiger partial charge in [-0.05, 0) is 50.9 Å². The topological polar surface area (TPSA) is 35.5 Å². The third-order valence-electron chi connectivity index (χ3n) is 7.74. The van der Waals surface area contributed by atoms with Crippen LogP contribution in [0, 0.1) is 5.92 Å². The highest BCUT2D eigenvalue weighted by Gasteiger charge is 2.13. The van der Waals surface area contributed by atoms with Crippen LogP contribution < -0.4 is 0 Å². The van der Waals surface area contributed by atoms with Crippen molar-refractivity contribution in [3.8, 4) is 0 Å². The molecular weight excluding hydrogens is 468 g/mol. The average molecular weight is 537 g/mol. The monoisotopic (exact) mass is 537 g/mol. The van der Waals surface area contributed by atoms with E-state index in [2.05, 4.69) is 32.9 Å². The van der Waals surface area contributed by atoms with E-state index >= 15 is 0 Å². The number of hydrogen-bond acceptors (Lipinski definition) is 3. The van der Waals surface area contributed by atoms with Crippen molar-refractivity contribution >= 4 is 6.16 Å². The number of carbonyl (C=O) groups is 1. The fraction of sp³-hybridized carbons (Fsp3) is 0.914. The van der Waals surface area contributed by atoms with Crippen LogP contribution in [0.5, 0.6) is 0 Å². The van der Waals surface area contributed by atoms with Gasteiger partial charge in [-0.2, -0.15) is 0 Å². The van der Waals surface area contributed by atoms with Gasteiger partial charge in [0.05, 0.1) is 13.2 Å². The van der Waals surface area contributed by atoms with E-state index in [1.54, 1.807) is 0 Å². The lowest BCUT2D eigenvalue weighted by Crippen LogP contribution is -2.16. The first kappa shape index (κ1) is 37.0. The summed E-state index contributed by atoms with van der Waals surface area (Å²) in [5, 5.41) is 0. The summed E-state index contributed by atoms with van der Waals surface area (Å²) >= 11 is 0. The second-order valence-corrected chi connectivity index (χ2v) is 11.6. The molecule has 0 aliphatic rings. The van der Waals surface area contributed by atoms with Crippen LogP contribution in [-0.4, -0.2) is 19.4 Å². The maximum Gasteiger partial charge on any atom is 0.508 e. The van der Waals surface area contributed by atoms with Crippen LogP contribution in [0.25, 0.3) is 0 Å². The van der Waals surface area contributed by atoms with Crippen LogP contribution in [0.2, 0.25) is 0 Å². The molecule has 0 aliphatic carbocycles. The Morgan fingerprint density at radius 3 is 1.39 bits per heavy atom. The summed E-state index contributed by atoms with van der Waals surface area (Å²) in [5.41, 5.74) is 0. The van der Waals surface area contributed by atoms with Gasteiger partial charge >= 0.3 is 6.16 Å². The maximum atomic E-state index is 12.1. The molecule has 0 aromatic heterocycles. The van der Waals surface area contributed by atoms with Crippen LogP contribution in [-0.2, 0) is 9.47 Å². The molecule has 0 bridgehead atoms. The quantitative estimate of drug-likeness (QED) is 0.0520. The Morgan fingerprint density at radius 1 is 0.500 bits per heavy atom. The van der Waals surface area contributed by atoms with Gasteiger partial charge in [-0.25, -0.2) is 4.79 Å². The third kappa shape index (κ3) is 29.6. The summed E-state index contributed by atoms with van der Waals surface area (Å²) in [6.07, 6.45) is 37.7. The van der Waals surface area contributed by atoms with Crippen molar-refractivity contribution in [3.63, 3.8) is 0 Å². The Labute approximate surface area is 239 Å². The normalized spacial score (nSPS) is 12.3. The predicted molar refractivity (Wildman–Crippen MR) is 167 cm³/mol. The van der Waals surface area contributed by atoms with Crippen molar-refractivity contribution in [2.45, 2.75) is 188 Å². The van der Waals surface area contributed by atoms with Gasteiger partial charge in [-0.3, -0.25) is 0 Å². The Hall–Kier alpha value is -0.990. The number of carbonyl (C=O) groups excluding carboxylic acids is 1. The Balaban J connectivity index is 3.67. The summed E-state index contributed by atoms with van der Waals surface area (Å²) in [7, 11) is 0. The van der Waals surface area contributed by atoms with E-state index in [9.17, 15) is 4.79 Å². The standard InChI is InChI=1S/C35H68O3/c1-4-7-10-13-15-16-17-18-19-20-21-22-23-24-26-29-32-37-35(36)38-33-34(30-27-12-9-6-3)31-28-25-14-11-8-5-2/h18-19,34H,4-17,20-33H2,1-3H3/b19-18-. The van der Waals surface area contributed by atoms with Crippen LogP contribution in [0.3, 0.4) is 0 Å². The first-order valence-electron chi connectivity index (χ1n) is 17.2. The lowest BCUT2D eigenvalue weighted by molar-refractivity contribution is 0.0406. The zero-order chi connectivity index (χ0) is 27.8. The molecule has 1 atom stereocenters. The van der Waals surface area contributed by atoms with Gasteiger partial charge < -0.3 is 9.47 Å². The second-order valence-electron chi connectivity index (χ2n) is 11.6. The molecule has 0 aromatic rings. The van der Waals surface area contributed by atoms with Gasteiger partial charge in [0, 0.05) is 0 Å². The number of ether oxygens (including phenoxy) is 2. The number of hydrogen-bond donors (Lipinski definition) is 0. The largest absolute Gasteiger partial charge is 0.508 e. The van der Waals surface area contributed by atoms with E-state index in [4.69, 9.17) is 9.47 Å². The molecule has 3 nitrogen and oxygen atoms in total. The first-order chi connectivity index (χ1) is 18.7. The number of allylic oxidation sites excluding steroid dienone is 2. The molecule has 0 spiro atoms. The summed E-state index contributed by atoms with van der Waals surface area (Å²) in [6, 6.07) is 0. The van der Waals surface area contributed by atoms with Gasteiger partial charge in [-0.15, -0.1) is 0 Å². The first-order valence-corrected chi connectivity index (χ1v) is 17.2. The van der Waals surface area contributed by atoms with E-state index < -0.39 is 6.16 Å². The molecule has 226 valence electrons. The van der Waals surface area contributed by atoms with E-state index in [0.29, 0.717) is 19.1 Å². The third-order valence-corrected chi connectivity index (χ3v) is 7.74. The molecule has 0 saturated heterocycles. The van der Waals surface area contributed by atoms with Crippen molar-refractivity contribution < 1.29 is 14.3 Å². The molecule has 0 saturated carbocycles. The van der Waals surface area contributed by atoms with Crippen molar-refractivity contribution in [1.29, 1.82) is 0 Å². The molecule has 0 rings (SSSR count). The van der Waals surface area contributed by atoms with Crippen molar-refractivity contribution in [2.75, 3.05) is 13.2 Å². The molecule has 0 heterocycles. The van der Waals surface area contributed by atoms with Gasteiger partial charge in [-0.1, -0.05) is 155 Å². The molecular formula is C35H68O3. The molecule has 0 radical (unpaired) electrons. The lowest BCUT2D eigenvalue weighted by atomic mass is 9.95. The minimum atomic E-state index is -0.459. The molecule has 0 aromatic carbocycles. The SMILES string of the molecule is CCCCCCCC/C=C\CCCCCCCCOC(=O)OCC(CCCCCC)CCCCCCCC. The van der Waals surface area contributed by atoms with Gasteiger partial charge in [0.1, 0.15) is 0 Å². The van der Waals surface area contributed by atoms with E-state index in [1.165, 1.54) is 154 Å².